The van der Waals surface area contributed by atoms with Crippen molar-refractivity contribution >= 4 is 49.7 Å². The number of fused-ring (bicyclic) bond motifs is 1. The van der Waals surface area contributed by atoms with E-state index in [4.69, 9.17) is 23.2 Å². The molecule has 1 N–H and O–H groups in total. The Balaban J connectivity index is 2.00. The van der Waals surface area contributed by atoms with Gasteiger partial charge in [0.2, 0.25) is 0 Å². The Labute approximate surface area is 138 Å². The molecule has 0 amide bonds. The highest BCUT2D eigenvalue weighted by Crippen LogP contribution is 2.28. The molecule has 3 aromatic carbocycles. The number of sulfonamides is 1. The van der Waals surface area contributed by atoms with E-state index in [1.54, 1.807) is 24.3 Å². The zero-order valence-corrected chi connectivity index (χ0v) is 13.6. The third-order valence-corrected chi connectivity index (χ3v) is 5.12. The van der Waals surface area contributed by atoms with Gasteiger partial charge in [-0.2, -0.15) is 0 Å². The standard InChI is InChI=1S/C16H11Cl2NO2S/c17-13-6-8-16(15(18)10-13)19-22(20,21)14-7-5-11-3-1-2-4-12(11)9-14/h1-10,19H. The van der Waals surface area contributed by atoms with Crippen LogP contribution < -0.4 is 4.72 Å². The second-order valence-corrected chi connectivity index (χ2v) is 7.26. The van der Waals surface area contributed by atoms with E-state index >= 15 is 0 Å². The lowest BCUT2D eigenvalue weighted by Gasteiger charge is -2.10. The summed E-state index contributed by atoms with van der Waals surface area (Å²) in [5, 5.41) is 2.52. The first-order valence-corrected chi connectivity index (χ1v) is 8.66. The van der Waals surface area contributed by atoms with Crippen molar-refractivity contribution in [3.63, 3.8) is 0 Å². The van der Waals surface area contributed by atoms with Crippen molar-refractivity contribution in [3.8, 4) is 0 Å². The van der Waals surface area contributed by atoms with E-state index in [1.807, 2.05) is 24.3 Å². The van der Waals surface area contributed by atoms with Crippen molar-refractivity contribution < 1.29 is 8.42 Å². The van der Waals surface area contributed by atoms with Crippen LogP contribution in [0.25, 0.3) is 10.8 Å². The zero-order valence-electron chi connectivity index (χ0n) is 11.3. The predicted molar refractivity (Wildman–Crippen MR) is 91.2 cm³/mol. The lowest BCUT2D eigenvalue weighted by molar-refractivity contribution is 0.601. The van der Waals surface area contributed by atoms with E-state index < -0.39 is 10.0 Å². The molecule has 6 heteroatoms. The van der Waals surface area contributed by atoms with Gasteiger partial charge in [-0.25, -0.2) is 8.42 Å². The lowest BCUT2D eigenvalue weighted by atomic mass is 10.1. The van der Waals surface area contributed by atoms with Crippen LogP contribution in [-0.4, -0.2) is 8.42 Å². The molecule has 0 spiro atoms. The SMILES string of the molecule is O=S(=O)(Nc1ccc(Cl)cc1Cl)c1ccc2ccccc2c1. The Bertz CT molecular complexity index is 955. The number of anilines is 1. The molecule has 112 valence electrons. The summed E-state index contributed by atoms with van der Waals surface area (Å²) in [6.45, 7) is 0. The molecule has 0 saturated heterocycles. The van der Waals surface area contributed by atoms with Crippen LogP contribution in [0.4, 0.5) is 5.69 Å². The quantitative estimate of drug-likeness (QED) is 0.725. The highest BCUT2D eigenvalue weighted by Gasteiger charge is 2.16. The molecule has 0 bridgehead atoms. The van der Waals surface area contributed by atoms with Crippen molar-refractivity contribution in [2.24, 2.45) is 0 Å². The first-order valence-electron chi connectivity index (χ1n) is 6.42. The van der Waals surface area contributed by atoms with Gasteiger partial charge < -0.3 is 0 Å². The normalized spacial score (nSPS) is 11.5. The number of hydrogen-bond acceptors (Lipinski definition) is 2. The van der Waals surface area contributed by atoms with Gasteiger partial charge >= 0.3 is 0 Å². The maximum absolute atomic E-state index is 12.5. The smallest absolute Gasteiger partial charge is 0.261 e. The fraction of sp³-hybridized carbons (Fsp3) is 0. The number of benzene rings is 3. The minimum absolute atomic E-state index is 0.178. The van der Waals surface area contributed by atoms with Gasteiger partial charge in [-0.05, 0) is 41.1 Å². The van der Waals surface area contributed by atoms with Gasteiger partial charge in [0.25, 0.3) is 10.0 Å². The van der Waals surface area contributed by atoms with Crippen LogP contribution in [0.2, 0.25) is 10.0 Å². The molecule has 0 aliphatic carbocycles. The van der Waals surface area contributed by atoms with Gasteiger partial charge in [-0.1, -0.05) is 53.5 Å². The third kappa shape index (κ3) is 3.04. The first kappa shape index (κ1) is 15.2. The highest BCUT2D eigenvalue weighted by molar-refractivity contribution is 7.92. The molecule has 0 fully saturated rings. The molecule has 22 heavy (non-hydrogen) atoms. The average Bonchev–Trinajstić information content (AvgIpc) is 2.49. The van der Waals surface area contributed by atoms with E-state index in [9.17, 15) is 8.42 Å². The number of rotatable bonds is 3. The summed E-state index contributed by atoms with van der Waals surface area (Å²) in [5.74, 6) is 0. The minimum atomic E-state index is -3.72. The van der Waals surface area contributed by atoms with Gasteiger partial charge in [-0.3, -0.25) is 4.72 Å². The maximum Gasteiger partial charge on any atom is 0.261 e. The molecule has 3 rings (SSSR count). The minimum Gasteiger partial charge on any atom is -0.278 e. The van der Waals surface area contributed by atoms with E-state index in [2.05, 4.69) is 4.72 Å². The number of nitrogens with one attached hydrogen (secondary N) is 1. The first-order chi connectivity index (χ1) is 10.5. The molecule has 3 aromatic rings. The van der Waals surface area contributed by atoms with E-state index in [-0.39, 0.29) is 9.92 Å². The van der Waals surface area contributed by atoms with E-state index in [1.165, 1.54) is 12.1 Å². The summed E-state index contributed by atoms with van der Waals surface area (Å²) in [6, 6.07) is 17.1. The second kappa shape index (κ2) is 5.80. The molecule has 0 aromatic heterocycles. The molecule has 0 aliphatic heterocycles. The number of halogens is 2. The van der Waals surface area contributed by atoms with Gasteiger partial charge in [0.15, 0.2) is 0 Å². The van der Waals surface area contributed by atoms with Crippen molar-refractivity contribution in [3.05, 3.63) is 70.7 Å². The van der Waals surface area contributed by atoms with Crippen molar-refractivity contribution in [1.29, 1.82) is 0 Å². The van der Waals surface area contributed by atoms with Crippen molar-refractivity contribution in [1.82, 2.24) is 0 Å². The Hall–Kier alpha value is -1.75. The molecule has 0 saturated carbocycles. The summed E-state index contributed by atoms with van der Waals surface area (Å²) >= 11 is 11.8. The van der Waals surface area contributed by atoms with Crippen LogP contribution in [0.3, 0.4) is 0 Å². The Morgan fingerprint density at radius 3 is 2.27 bits per heavy atom. The molecule has 0 atom stereocenters. The molecular formula is C16H11Cl2NO2S. The fourth-order valence-electron chi connectivity index (χ4n) is 2.11. The summed E-state index contributed by atoms with van der Waals surface area (Å²) in [4.78, 5) is 0.178. The molecular weight excluding hydrogens is 341 g/mol. The lowest BCUT2D eigenvalue weighted by Crippen LogP contribution is -2.13. The monoisotopic (exact) mass is 351 g/mol. The predicted octanol–water partition coefficient (Wildman–Crippen LogP) is 4.95. The topological polar surface area (TPSA) is 46.2 Å². The average molecular weight is 352 g/mol. The van der Waals surface area contributed by atoms with Crippen LogP contribution in [0.1, 0.15) is 0 Å². The molecule has 0 aliphatic rings. The molecule has 0 unspecified atom stereocenters. The largest absolute Gasteiger partial charge is 0.278 e. The summed E-state index contributed by atoms with van der Waals surface area (Å²) in [7, 11) is -3.72. The molecule has 0 radical (unpaired) electrons. The Morgan fingerprint density at radius 2 is 1.55 bits per heavy atom. The van der Waals surface area contributed by atoms with Gasteiger partial charge in [0.05, 0.1) is 15.6 Å². The third-order valence-electron chi connectivity index (χ3n) is 3.21. The van der Waals surface area contributed by atoms with Gasteiger partial charge in [0.1, 0.15) is 0 Å². The molecule has 3 nitrogen and oxygen atoms in total. The fourth-order valence-corrected chi connectivity index (χ4v) is 3.74. The van der Waals surface area contributed by atoms with E-state index in [0.717, 1.165) is 10.8 Å². The van der Waals surface area contributed by atoms with Crippen LogP contribution in [0.15, 0.2) is 65.6 Å². The summed E-state index contributed by atoms with van der Waals surface area (Å²) < 4.78 is 27.4. The summed E-state index contributed by atoms with van der Waals surface area (Å²) in [5.41, 5.74) is 0.291. The zero-order chi connectivity index (χ0) is 15.7. The highest BCUT2D eigenvalue weighted by atomic mass is 35.5. The molecule has 0 heterocycles. The van der Waals surface area contributed by atoms with Crippen molar-refractivity contribution in [2.75, 3.05) is 4.72 Å². The van der Waals surface area contributed by atoms with Crippen molar-refractivity contribution in [2.45, 2.75) is 4.90 Å². The second-order valence-electron chi connectivity index (χ2n) is 4.74. The van der Waals surface area contributed by atoms with Crippen LogP contribution in [0, 0.1) is 0 Å². The number of hydrogen-bond donors (Lipinski definition) is 1. The van der Waals surface area contributed by atoms with Crippen LogP contribution >= 0.6 is 23.2 Å². The van der Waals surface area contributed by atoms with E-state index in [0.29, 0.717) is 10.7 Å². The van der Waals surface area contributed by atoms with Crippen LogP contribution in [-0.2, 0) is 10.0 Å². The maximum atomic E-state index is 12.5. The van der Waals surface area contributed by atoms with Gasteiger partial charge in [0, 0.05) is 5.02 Å². The van der Waals surface area contributed by atoms with Crippen LogP contribution in [0.5, 0.6) is 0 Å². The summed E-state index contributed by atoms with van der Waals surface area (Å²) in [6.07, 6.45) is 0. The Morgan fingerprint density at radius 1 is 0.818 bits per heavy atom. The Kier molecular flexibility index (Phi) is 4.00. The van der Waals surface area contributed by atoms with Gasteiger partial charge in [-0.15, -0.1) is 0 Å².